The molecule has 8 heteroatoms. The van der Waals surface area contributed by atoms with Gasteiger partial charge in [-0.2, -0.15) is 0 Å². The van der Waals surface area contributed by atoms with Crippen molar-refractivity contribution in [3.8, 4) is 0 Å². The molecule has 142 valence electrons. The first-order valence-corrected chi connectivity index (χ1v) is 10.0. The van der Waals surface area contributed by atoms with Crippen molar-refractivity contribution in [2.24, 2.45) is 0 Å². The fourth-order valence-electron chi connectivity index (χ4n) is 3.28. The van der Waals surface area contributed by atoms with E-state index in [9.17, 15) is 9.59 Å². The van der Waals surface area contributed by atoms with E-state index >= 15 is 0 Å². The van der Waals surface area contributed by atoms with Gasteiger partial charge in [-0.05, 0) is 38.4 Å². The SMILES string of the molecule is Cc1cc(C)c2c(n1)SCC(=O)N2CC(=O)NCCCN1CCOCC1. The molecule has 2 amide bonds. The van der Waals surface area contributed by atoms with Crippen molar-refractivity contribution in [1.82, 2.24) is 15.2 Å². The summed E-state index contributed by atoms with van der Waals surface area (Å²) in [5.41, 5.74) is 2.68. The minimum atomic E-state index is -0.127. The van der Waals surface area contributed by atoms with E-state index in [0.29, 0.717) is 12.3 Å². The largest absolute Gasteiger partial charge is 0.379 e. The molecule has 0 bridgehead atoms. The number of aryl methyl sites for hydroxylation is 2. The van der Waals surface area contributed by atoms with Gasteiger partial charge in [-0.3, -0.25) is 19.4 Å². The average Bonchev–Trinajstić information content (AvgIpc) is 2.62. The number of thioether (sulfide) groups is 1. The molecule has 0 unspecified atom stereocenters. The second kappa shape index (κ2) is 8.83. The summed E-state index contributed by atoms with van der Waals surface area (Å²) in [5.74, 6) is 0.158. The van der Waals surface area contributed by atoms with Crippen LogP contribution in [-0.2, 0) is 14.3 Å². The minimum Gasteiger partial charge on any atom is -0.379 e. The van der Waals surface area contributed by atoms with Gasteiger partial charge in [0, 0.05) is 25.3 Å². The summed E-state index contributed by atoms with van der Waals surface area (Å²) in [6, 6.07) is 1.95. The maximum absolute atomic E-state index is 12.3. The quantitative estimate of drug-likeness (QED) is 0.744. The Balaban J connectivity index is 1.52. The molecule has 0 radical (unpaired) electrons. The monoisotopic (exact) mass is 378 g/mol. The molecule has 2 aliphatic heterocycles. The lowest BCUT2D eigenvalue weighted by Gasteiger charge is -2.29. The van der Waals surface area contributed by atoms with Crippen molar-refractivity contribution in [3.05, 3.63) is 17.3 Å². The highest BCUT2D eigenvalue weighted by Gasteiger charge is 2.29. The molecule has 1 aromatic heterocycles. The number of morpholine rings is 1. The average molecular weight is 378 g/mol. The Bertz CT molecular complexity index is 677. The van der Waals surface area contributed by atoms with Crippen molar-refractivity contribution in [3.63, 3.8) is 0 Å². The highest BCUT2D eigenvalue weighted by Crippen LogP contribution is 2.36. The van der Waals surface area contributed by atoms with Gasteiger partial charge in [0.1, 0.15) is 11.6 Å². The zero-order chi connectivity index (χ0) is 18.5. The van der Waals surface area contributed by atoms with Crippen LogP contribution in [0.15, 0.2) is 11.1 Å². The predicted octanol–water partition coefficient (Wildman–Crippen LogP) is 0.976. The summed E-state index contributed by atoms with van der Waals surface area (Å²) in [7, 11) is 0. The van der Waals surface area contributed by atoms with E-state index in [1.807, 2.05) is 19.9 Å². The van der Waals surface area contributed by atoms with Crippen LogP contribution in [0.25, 0.3) is 0 Å². The Labute approximate surface area is 158 Å². The summed E-state index contributed by atoms with van der Waals surface area (Å²) in [4.78, 5) is 33.1. The molecule has 26 heavy (non-hydrogen) atoms. The molecule has 0 spiro atoms. The summed E-state index contributed by atoms with van der Waals surface area (Å²) < 4.78 is 5.33. The molecule has 3 heterocycles. The highest BCUT2D eigenvalue weighted by atomic mass is 32.2. The van der Waals surface area contributed by atoms with Gasteiger partial charge in [-0.15, -0.1) is 0 Å². The van der Waals surface area contributed by atoms with Gasteiger partial charge in [-0.25, -0.2) is 4.98 Å². The third kappa shape index (κ3) is 4.75. The van der Waals surface area contributed by atoms with Gasteiger partial charge in [0.25, 0.3) is 0 Å². The normalized spacial score (nSPS) is 17.9. The number of carbonyl (C=O) groups is 2. The van der Waals surface area contributed by atoms with E-state index in [2.05, 4.69) is 15.2 Å². The van der Waals surface area contributed by atoms with Crippen LogP contribution < -0.4 is 10.2 Å². The Hall–Kier alpha value is -1.64. The summed E-state index contributed by atoms with van der Waals surface area (Å²) in [6.45, 7) is 9.00. The molecule has 7 nitrogen and oxygen atoms in total. The molecule has 1 aromatic rings. The van der Waals surface area contributed by atoms with Crippen molar-refractivity contribution >= 4 is 29.3 Å². The van der Waals surface area contributed by atoms with Gasteiger partial charge in [0.05, 0.1) is 24.7 Å². The van der Waals surface area contributed by atoms with E-state index in [1.165, 1.54) is 11.8 Å². The topological polar surface area (TPSA) is 74.8 Å². The first-order valence-electron chi connectivity index (χ1n) is 9.03. The Morgan fingerprint density at radius 1 is 1.35 bits per heavy atom. The van der Waals surface area contributed by atoms with Crippen LogP contribution in [-0.4, -0.2) is 73.4 Å². The van der Waals surface area contributed by atoms with E-state index in [0.717, 1.165) is 61.2 Å². The van der Waals surface area contributed by atoms with Gasteiger partial charge < -0.3 is 10.1 Å². The van der Waals surface area contributed by atoms with Crippen molar-refractivity contribution in [1.29, 1.82) is 0 Å². The number of aromatic nitrogens is 1. The zero-order valence-corrected chi connectivity index (χ0v) is 16.2. The van der Waals surface area contributed by atoms with E-state index in [-0.39, 0.29) is 18.4 Å². The smallest absolute Gasteiger partial charge is 0.240 e. The van der Waals surface area contributed by atoms with Gasteiger partial charge >= 0.3 is 0 Å². The number of ether oxygens (including phenoxy) is 1. The standard InChI is InChI=1S/C18H26N4O3S/c1-13-10-14(2)20-18-17(13)22(16(24)12-26-18)11-15(23)19-4-3-5-21-6-8-25-9-7-21/h10H,3-9,11-12H2,1-2H3,(H,19,23). The number of anilines is 1. The van der Waals surface area contributed by atoms with Gasteiger partial charge in [-0.1, -0.05) is 11.8 Å². The van der Waals surface area contributed by atoms with E-state index in [4.69, 9.17) is 4.74 Å². The van der Waals surface area contributed by atoms with Crippen molar-refractivity contribution < 1.29 is 14.3 Å². The molecule has 0 aliphatic carbocycles. The highest BCUT2D eigenvalue weighted by molar-refractivity contribution is 8.00. The number of pyridine rings is 1. The maximum Gasteiger partial charge on any atom is 0.240 e. The minimum absolute atomic E-state index is 0.0419. The lowest BCUT2D eigenvalue weighted by Crippen LogP contribution is -2.44. The Morgan fingerprint density at radius 2 is 2.12 bits per heavy atom. The third-order valence-corrected chi connectivity index (χ3v) is 5.51. The number of rotatable bonds is 6. The molecule has 1 saturated heterocycles. The zero-order valence-electron chi connectivity index (χ0n) is 15.4. The number of nitrogens with zero attached hydrogens (tertiary/aromatic N) is 3. The third-order valence-electron chi connectivity index (χ3n) is 4.56. The molecule has 0 aromatic carbocycles. The Kier molecular flexibility index (Phi) is 6.50. The molecular weight excluding hydrogens is 352 g/mol. The summed E-state index contributed by atoms with van der Waals surface area (Å²) in [5, 5.41) is 3.77. The van der Waals surface area contributed by atoms with Crippen LogP contribution in [0.1, 0.15) is 17.7 Å². The Morgan fingerprint density at radius 3 is 2.88 bits per heavy atom. The van der Waals surface area contributed by atoms with Gasteiger partial charge in [0.2, 0.25) is 11.8 Å². The molecule has 2 aliphatic rings. The summed E-state index contributed by atoms with van der Waals surface area (Å²) in [6.07, 6.45) is 0.895. The molecule has 0 saturated carbocycles. The predicted molar refractivity (Wildman–Crippen MR) is 102 cm³/mol. The maximum atomic E-state index is 12.3. The lowest BCUT2D eigenvalue weighted by molar-refractivity contribution is -0.123. The second-order valence-corrected chi connectivity index (χ2v) is 7.62. The molecule has 3 rings (SSSR count). The first kappa shape index (κ1) is 19.1. The second-order valence-electron chi connectivity index (χ2n) is 6.66. The van der Waals surface area contributed by atoms with Crippen molar-refractivity contribution in [2.45, 2.75) is 25.3 Å². The molecule has 0 atom stereocenters. The molecular formula is C18H26N4O3S. The van der Waals surface area contributed by atoms with Crippen LogP contribution in [0.2, 0.25) is 0 Å². The number of amides is 2. The fourth-order valence-corrected chi connectivity index (χ4v) is 4.31. The van der Waals surface area contributed by atoms with Crippen LogP contribution in [0, 0.1) is 13.8 Å². The van der Waals surface area contributed by atoms with Crippen LogP contribution in [0.5, 0.6) is 0 Å². The molecule has 1 fully saturated rings. The fraction of sp³-hybridized carbons (Fsp3) is 0.611. The summed E-state index contributed by atoms with van der Waals surface area (Å²) >= 11 is 1.44. The van der Waals surface area contributed by atoms with Gasteiger partial charge in [0.15, 0.2) is 0 Å². The van der Waals surface area contributed by atoms with Crippen molar-refractivity contribution in [2.75, 3.05) is 56.6 Å². The first-order chi connectivity index (χ1) is 12.5. The number of hydrogen-bond donors (Lipinski definition) is 1. The lowest BCUT2D eigenvalue weighted by atomic mass is 10.2. The number of carbonyl (C=O) groups excluding carboxylic acids is 2. The number of hydrogen-bond acceptors (Lipinski definition) is 6. The number of fused-ring (bicyclic) bond motifs is 1. The van der Waals surface area contributed by atoms with Crippen LogP contribution in [0.4, 0.5) is 5.69 Å². The molecule has 1 N–H and O–H groups in total. The van der Waals surface area contributed by atoms with E-state index < -0.39 is 0 Å². The van der Waals surface area contributed by atoms with Crippen LogP contribution in [0.3, 0.4) is 0 Å². The van der Waals surface area contributed by atoms with Crippen LogP contribution >= 0.6 is 11.8 Å². The van der Waals surface area contributed by atoms with E-state index in [1.54, 1.807) is 4.90 Å². The number of nitrogens with one attached hydrogen (secondary N) is 1.